The van der Waals surface area contributed by atoms with Crippen LogP contribution in [0.2, 0.25) is 0 Å². The maximum Gasteiger partial charge on any atom is 0.325 e. The molecule has 0 aliphatic carbocycles. The lowest BCUT2D eigenvalue weighted by Crippen LogP contribution is -2.50. The zero-order valence-corrected chi connectivity index (χ0v) is 38.0. The maximum absolute atomic E-state index is 11.5. The number of urea groups is 1. The standard InChI is InChI=1S/C13H24N2O4.C8H12N2O3.C6H13N.C4H10.2C3H8.2C2H6/c1-12(2,3)9(8-16)15-11(18)14-7-10(17)19-13(4,5)6;1-3-4-9-8(13)7(12)6(2)10-5-11;1-6-4-3-5-7(6)2;1-4(2)3;2*1-3-2;2*1-2/h8-9H,7H2,1-6H3,(H2,14,15,18);3,5-6H,1,4H2,2H3,(H,9,13)(H,10,11);6H,3-5H2,1-2H3;4H,1-3H3;2*3H2,1-2H3;2*1-2H3. The number of esters is 1. The number of amides is 4. The van der Waals surface area contributed by atoms with Gasteiger partial charge in [-0.05, 0) is 72.4 Å². The Labute approximate surface area is 327 Å². The molecular formula is C41H87N5O7. The predicted molar refractivity (Wildman–Crippen MR) is 225 cm³/mol. The van der Waals surface area contributed by atoms with Gasteiger partial charge >= 0.3 is 12.0 Å². The normalized spacial score (nSPS) is 13.6. The van der Waals surface area contributed by atoms with Crippen LogP contribution < -0.4 is 21.3 Å². The molecule has 1 heterocycles. The molecule has 12 nitrogen and oxygen atoms in total. The molecule has 1 fully saturated rings. The smallest absolute Gasteiger partial charge is 0.325 e. The number of hydrogen-bond donors (Lipinski definition) is 4. The van der Waals surface area contributed by atoms with Gasteiger partial charge < -0.3 is 35.7 Å². The first kappa shape index (κ1) is 64.7. The Hall–Kier alpha value is -3.28. The Morgan fingerprint density at radius 3 is 1.57 bits per heavy atom. The van der Waals surface area contributed by atoms with E-state index in [2.05, 4.69) is 95.2 Å². The van der Waals surface area contributed by atoms with Crippen LogP contribution >= 0.6 is 0 Å². The van der Waals surface area contributed by atoms with Crippen molar-refractivity contribution in [3.05, 3.63) is 12.7 Å². The number of carbonyl (C=O) groups is 6. The lowest BCUT2D eigenvalue weighted by molar-refractivity contribution is -0.153. The van der Waals surface area contributed by atoms with Crippen LogP contribution in [0.1, 0.15) is 157 Å². The molecule has 0 aromatic rings. The molecule has 0 bridgehead atoms. The van der Waals surface area contributed by atoms with Gasteiger partial charge in [0.25, 0.3) is 5.91 Å². The highest BCUT2D eigenvalue weighted by Crippen LogP contribution is 2.17. The molecule has 1 aliphatic heterocycles. The largest absolute Gasteiger partial charge is 0.459 e. The van der Waals surface area contributed by atoms with E-state index in [1.54, 1.807) is 20.8 Å². The molecule has 3 atom stereocenters. The number of nitrogens with one attached hydrogen (secondary N) is 4. The van der Waals surface area contributed by atoms with Crippen LogP contribution in [0.4, 0.5) is 4.79 Å². The van der Waals surface area contributed by atoms with E-state index in [-0.39, 0.29) is 18.5 Å². The third-order valence-electron chi connectivity index (χ3n) is 5.40. The second-order valence-electron chi connectivity index (χ2n) is 14.4. The summed E-state index contributed by atoms with van der Waals surface area (Å²) >= 11 is 0. The summed E-state index contributed by atoms with van der Waals surface area (Å²) in [5, 5.41) is 9.35. The van der Waals surface area contributed by atoms with Gasteiger partial charge in [-0.15, -0.1) is 6.58 Å². The van der Waals surface area contributed by atoms with Gasteiger partial charge in [0.15, 0.2) is 0 Å². The molecule has 0 saturated carbocycles. The first-order valence-corrected chi connectivity index (χ1v) is 19.5. The summed E-state index contributed by atoms with van der Waals surface area (Å²) < 4.78 is 5.04. The topological polar surface area (TPSA) is 163 Å². The van der Waals surface area contributed by atoms with Gasteiger partial charge in [-0.25, -0.2) is 4.79 Å². The van der Waals surface area contributed by atoms with E-state index < -0.39 is 41.4 Å². The molecule has 4 amide bonds. The van der Waals surface area contributed by atoms with Crippen LogP contribution in [0.15, 0.2) is 12.7 Å². The van der Waals surface area contributed by atoms with Crippen LogP contribution in [0, 0.1) is 11.3 Å². The minimum absolute atomic E-state index is 0.235. The molecule has 0 spiro atoms. The molecule has 3 unspecified atom stereocenters. The molecule has 0 aromatic heterocycles. The van der Waals surface area contributed by atoms with E-state index in [1.807, 2.05) is 48.5 Å². The Bertz CT molecular complexity index is 885. The lowest BCUT2D eigenvalue weighted by atomic mass is 9.88. The van der Waals surface area contributed by atoms with Crippen LogP contribution in [0.25, 0.3) is 0 Å². The molecule has 1 aliphatic rings. The van der Waals surface area contributed by atoms with Gasteiger partial charge in [0, 0.05) is 12.6 Å². The summed E-state index contributed by atoms with van der Waals surface area (Å²) in [6.45, 7) is 42.1. The van der Waals surface area contributed by atoms with E-state index in [1.165, 1.54) is 45.2 Å². The van der Waals surface area contributed by atoms with Crippen molar-refractivity contribution < 1.29 is 33.5 Å². The monoisotopic (exact) mass is 762 g/mol. The van der Waals surface area contributed by atoms with E-state index in [0.717, 1.165) is 12.0 Å². The summed E-state index contributed by atoms with van der Waals surface area (Å²) in [4.78, 5) is 68.2. The van der Waals surface area contributed by atoms with Crippen LogP contribution in [-0.2, 0) is 28.7 Å². The zero-order chi connectivity index (χ0) is 43.8. The fraction of sp³-hybridized carbons (Fsp3) is 0.805. The van der Waals surface area contributed by atoms with E-state index in [9.17, 15) is 28.8 Å². The summed E-state index contributed by atoms with van der Waals surface area (Å²) in [6, 6.07) is -1.13. The van der Waals surface area contributed by atoms with E-state index >= 15 is 0 Å². The number of ketones is 1. The third kappa shape index (κ3) is 55.6. The highest BCUT2D eigenvalue weighted by Gasteiger charge is 2.26. The van der Waals surface area contributed by atoms with Crippen molar-refractivity contribution in [2.45, 2.75) is 181 Å². The van der Waals surface area contributed by atoms with Crippen molar-refractivity contribution >= 4 is 36.4 Å². The first-order chi connectivity index (χ1) is 24.4. The minimum atomic E-state index is -0.790. The van der Waals surface area contributed by atoms with Crippen molar-refractivity contribution in [1.82, 2.24) is 26.2 Å². The van der Waals surface area contributed by atoms with Crippen molar-refractivity contribution in [2.75, 3.05) is 26.7 Å². The van der Waals surface area contributed by atoms with Crippen molar-refractivity contribution in [2.24, 2.45) is 11.3 Å². The van der Waals surface area contributed by atoms with E-state index in [0.29, 0.717) is 12.7 Å². The number of ether oxygens (including phenoxy) is 1. The maximum atomic E-state index is 11.5. The van der Waals surface area contributed by atoms with Crippen molar-refractivity contribution in [3.63, 3.8) is 0 Å². The molecule has 53 heavy (non-hydrogen) atoms. The third-order valence-corrected chi connectivity index (χ3v) is 5.40. The molecule has 0 radical (unpaired) electrons. The van der Waals surface area contributed by atoms with Crippen LogP contribution in [-0.4, -0.2) is 91.7 Å². The molecule has 1 saturated heterocycles. The first-order valence-electron chi connectivity index (χ1n) is 19.5. The highest BCUT2D eigenvalue weighted by atomic mass is 16.6. The Morgan fingerprint density at radius 2 is 1.30 bits per heavy atom. The Kier molecular flexibility index (Phi) is 52.6. The number of rotatable bonds is 10. The van der Waals surface area contributed by atoms with Crippen LogP contribution in [0.3, 0.4) is 0 Å². The van der Waals surface area contributed by atoms with Gasteiger partial charge in [0.05, 0.1) is 12.1 Å². The number of aldehydes is 1. The predicted octanol–water partition coefficient (Wildman–Crippen LogP) is 7.88. The zero-order valence-electron chi connectivity index (χ0n) is 38.0. The second-order valence-corrected chi connectivity index (χ2v) is 14.4. The summed E-state index contributed by atoms with van der Waals surface area (Å²) in [5.41, 5.74) is -0.975. The summed E-state index contributed by atoms with van der Waals surface area (Å²) in [5.74, 6) is -1.09. The summed E-state index contributed by atoms with van der Waals surface area (Å²) in [6.07, 6.45) is 7.81. The number of hydrogen-bond acceptors (Lipinski definition) is 8. The number of nitrogens with zero attached hydrogens (tertiary/aromatic N) is 1. The average Bonchev–Trinajstić information content (AvgIpc) is 3.44. The number of likely N-dealkylation sites (tertiary alicyclic amines) is 1. The van der Waals surface area contributed by atoms with Crippen LogP contribution in [0.5, 0.6) is 0 Å². The second kappa shape index (κ2) is 43.1. The molecular weight excluding hydrogens is 674 g/mol. The van der Waals surface area contributed by atoms with Crippen molar-refractivity contribution in [3.8, 4) is 0 Å². The summed E-state index contributed by atoms with van der Waals surface area (Å²) in [7, 11) is 2.19. The number of carbonyl (C=O) groups excluding carboxylic acids is 6. The molecule has 4 N–H and O–H groups in total. The van der Waals surface area contributed by atoms with Gasteiger partial charge in [-0.2, -0.15) is 0 Å². The van der Waals surface area contributed by atoms with E-state index in [4.69, 9.17) is 4.74 Å². The van der Waals surface area contributed by atoms with Gasteiger partial charge in [0.1, 0.15) is 18.4 Å². The Balaban J connectivity index is -0.000000107. The SMILES string of the molecule is C=CCNC(=O)C(=O)C(C)NC=O.CC.CC.CC(C)(C)OC(=O)CNC(=O)NC(C=O)C(C)(C)C.CC(C)C.CC1CCCN1C.CCC.CCC. The van der Waals surface area contributed by atoms with Gasteiger partial charge in [-0.1, -0.05) is 116 Å². The number of Topliss-reactive ketones (excluding diaryl/α,β-unsaturated/α-hetero) is 1. The van der Waals surface area contributed by atoms with Crippen molar-refractivity contribution in [1.29, 1.82) is 0 Å². The average molecular weight is 762 g/mol. The minimum Gasteiger partial charge on any atom is -0.459 e. The fourth-order valence-corrected chi connectivity index (χ4v) is 2.88. The molecule has 0 aromatic carbocycles. The lowest BCUT2D eigenvalue weighted by Gasteiger charge is -2.26. The molecule has 1 rings (SSSR count). The molecule has 318 valence electrons. The van der Waals surface area contributed by atoms with Gasteiger partial charge in [-0.3, -0.25) is 19.2 Å². The van der Waals surface area contributed by atoms with Gasteiger partial charge in [0.2, 0.25) is 12.2 Å². The Morgan fingerprint density at radius 1 is 0.868 bits per heavy atom. The highest BCUT2D eigenvalue weighted by molar-refractivity contribution is 6.38. The molecule has 12 heteroatoms. The fourth-order valence-electron chi connectivity index (χ4n) is 2.88. The quantitative estimate of drug-likeness (QED) is 0.0756.